The van der Waals surface area contributed by atoms with E-state index in [-0.39, 0.29) is 23.7 Å². The first kappa shape index (κ1) is 17.4. The summed E-state index contributed by atoms with van der Waals surface area (Å²) in [6.07, 6.45) is 1.68. The molecule has 0 radical (unpaired) electrons. The number of ether oxygens (including phenoxy) is 1. The molecule has 1 unspecified atom stereocenters. The molecule has 6 nitrogen and oxygen atoms in total. The molecule has 2 saturated heterocycles. The van der Waals surface area contributed by atoms with Crippen LogP contribution in [0.3, 0.4) is 0 Å². The average Bonchev–Trinajstić information content (AvgIpc) is 3.10. The number of carbonyl (C=O) groups is 1. The number of amides is 1. The van der Waals surface area contributed by atoms with Crippen molar-refractivity contribution in [3.63, 3.8) is 0 Å². The Labute approximate surface area is 151 Å². The number of piperidine rings is 1. The van der Waals surface area contributed by atoms with E-state index in [9.17, 15) is 9.18 Å². The minimum absolute atomic E-state index is 0.164. The molecule has 1 atom stereocenters. The van der Waals surface area contributed by atoms with Crippen LogP contribution in [-0.4, -0.2) is 66.3 Å². The molecule has 1 aromatic carbocycles. The molecule has 0 aliphatic carbocycles. The molecule has 4 rings (SSSR count). The predicted octanol–water partition coefficient (Wildman–Crippen LogP) is 2.39. The smallest absolute Gasteiger partial charge is 0.242 e. The highest BCUT2D eigenvalue weighted by Crippen LogP contribution is 2.33. The van der Waals surface area contributed by atoms with Crippen molar-refractivity contribution in [3.8, 4) is 0 Å². The van der Waals surface area contributed by atoms with Crippen LogP contribution in [-0.2, 0) is 9.53 Å². The van der Waals surface area contributed by atoms with E-state index in [0.717, 1.165) is 37.0 Å². The molecule has 1 amide bonds. The van der Waals surface area contributed by atoms with Gasteiger partial charge in [0.15, 0.2) is 5.58 Å². The highest BCUT2D eigenvalue weighted by atomic mass is 19.1. The highest BCUT2D eigenvalue weighted by Gasteiger charge is 2.34. The van der Waals surface area contributed by atoms with Gasteiger partial charge in [-0.15, -0.1) is 0 Å². The SMILES string of the molecule is CCN1CCOCC1C(=O)N1CCC(c2noc3cc(F)ccc23)CC1. The van der Waals surface area contributed by atoms with Gasteiger partial charge in [0.1, 0.15) is 11.9 Å². The molecule has 0 bridgehead atoms. The number of morpholine rings is 1. The summed E-state index contributed by atoms with van der Waals surface area (Å²) in [5, 5.41) is 5.04. The summed E-state index contributed by atoms with van der Waals surface area (Å²) >= 11 is 0. The zero-order chi connectivity index (χ0) is 18.1. The Balaban J connectivity index is 1.42. The van der Waals surface area contributed by atoms with Crippen LogP contribution in [0.2, 0.25) is 0 Å². The zero-order valence-electron chi connectivity index (χ0n) is 15.0. The van der Waals surface area contributed by atoms with E-state index in [4.69, 9.17) is 9.26 Å². The summed E-state index contributed by atoms with van der Waals surface area (Å²) in [6.45, 7) is 6.32. The van der Waals surface area contributed by atoms with E-state index >= 15 is 0 Å². The van der Waals surface area contributed by atoms with Crippen LogP contribution in [0.15, 0.2) is 22.7 Å². The summed E-state index contributed by atoms with van der Waals surface area (Å²) in [5.41, 5.74) is 1.36. The van der Waals surface area contributed by atoms with Crippen molar-refractivity contribution < 1.29 is 18.4 Å². The van der Waals surface area contributed by atoms with Gasteiger partial charge in [0.25, 0.3) is 0 Å². The fourth-order valence-corrected chi connectivity index (χ4v) is 4.05. The van der Waals surface area contributed by atoms with Gasteiger partial charge >= 0.3 is 0 Å². The van der Waals surface area contributed by atoms with Crippen molar-refractivity contribution in [3.05, 3.63) is 29.7 Å². The minimum atomic E-state index is -0.323. The van der Waals surface area contributed by atoms with Gasteiger partial charge in [-0.2, -0.15) is 0 Å². The summed E-state index contributed by atoms with van der Waals surface area (Å²) in [7, 11) is 0. The van der Waals surface area contributed by atoms with E-state index in [1.807, 2.05) is 4.90 Å². The minimum Gasteiger partial charge on any atom is -0.378 e. The lowest BCUT2D eigenvalue weighted by molar-refractivity contribution is -0.144. The normalized spacial score (nSPS) is 22.8. The van der Waals surface area contributed by atoms with E-state index in [1.54, 1.807) is 6.07 Å². The summed E-state index contributed by atoms with van der Waals surface area (Å²) in [6, 6.07) is 4.37. The molecule has 2 aliphatic rings. The van der Waals surface area contributed by atoms with Gasteiger partial charge in [-0.3, -0.25) is 9.69 Å². The Kier molecular flexibility index (Phi) is 4.91. The molecule has 3 heterocycles. The fraction of sp³-hybridized carbons (Fsp3) is 0.579. The number of aromatic nitrogens is 1. The highest BCUT2D eigenvalue weighted by molar-refractivity contribution is 5.82. The van der Waals surface area contributed by atoms with Gasteiger partial charge in [-0.05, 0) is 31.5 Å². The number of likely N-dealkylation sites (tertiary alicyclic amines) is 1. The van der Waals surface area contributed by atoms with E-state index in [2.05, 4.69) is 17.0 Å². The van der Waals surface area contributed by atoms with Crippen LogP contribution < -0.4 is 0 Å². The molecule has 0 saturated carbocycles. The van der Waals surface area contributed by atoms with E-state index < -0.39 is 0 Å². The first-order valence-electron chi connectivity index (χ1n) is 9.32. The Morgan fingerprint density at radius 1 is 1.31 bits per heavy atom. The maximum Gasteiger partial charge on any atom is 0.242 e. The molecule has 140 valence electrons. The quantitative estimate of drug-likeness (QED) is 0.840. The van der Waals surface area contributed by atoms with Gasteiger partial charge in [0.05, 0.1) is 18.9 Å². The number of likely N-dealkylation sites (N-methyl/N-ethyl adjacent to an activating group) is 1. The maximum absolute atomic E-state index is 13.3. The Bertz CT molecular complexity index is 785. The molecule has 2 fully saturated rings. The Morgan fingerprint density at radius 2 is 2.12 bits per heavy atom. The Hall–Kier alpha value is -1.99. The third kappa shape index (κ3) is 3.21. The number of rotatable bonds is 3. The zero-order valence-corrected chi connectivity index (χ0v) is 15.0. The number of fused-ring (bicyclic) bond motifs is 1. The third-order valence-electron chi connectivity index (χ3n) is 5.59. The van der Waals surface area contributed by atoms with Crippen LogP contribution in [0.4, 0.5) is 4.39 Å². The monoisotopic (exact) mass is 361 g/mol. The van der Waals surface area contributed by atoms with E-state index in [0.29, 0.717) is 31.9 Å². The Morgan fingerprint density at radius 3 is 2.88 bits per heavy atom. The van der Waals surface area contributed by atoms with Gasteiger partial charge in [-0.25, -0.2) is 4.39 Å². The molecule has 1 aromatic heterocycles. The molecule has 2 aliphatic heterocycles. The molecule has 0 spiro atoms. The number of hydrogen-bond acceptors (Lipinski definition) is 5. The summed E-state index contributed by atoms with van der Waals surface area (Å²) in [5.74, 6) is 0.0727. The molecule has 7 heteroatoms. The summed E-state index contributed by atoms with van der Waals surface area (Å²) < 4.78 is 24.1. The second-order valence-corrected chi connectivity index (χ2v) is 7.03. The fourth-order valence-electron chi connectivity index (χ4n) is 4.05. The van der Waals surface area contributed by atoms with Crippen LogP contribution in [0, 0.1) is 5.82 Å². The van der Waals surface area contributed by atoms with E-state index in [1.165, 1.54) is 12.1 Å². The van der Waals surface area contributed by atoms with Crippen molar-refractivity contribution in [1.82, 2.24) is 15.0 Å². The van der Waals surface area contributed by atoms with Crippen molar-refractivity contribution in [2.75, 3.05) is 39.4 Å². The van der Waals surface area contributed by atoms with Crippen LogP contribution >= 0.6 is 0 Å². The van der Waals surface area contributed by atoms with Gasteiger partial charge in [-0.1, -0.05) is 12.1 Å². The third-order valence-corrected chi connectivity index (χ3v) is 5.59. The predicted molar refractivity (Wildman–Crippen MR) is 94.4 cm³/mol. The largest absolute Gasteiger partial charge is 0.378 e. The first-order valence-corrected chi connectivity index (χ1v) is 9.32. The van der Waals surface area contributed by atoms with Crippen molar-refractivity contribution in [1.29, 1.82) is 0 Å². The standard InChI is InChI=1S/C19H24FN3O3/c1-2-22-9-10-25-12-16(22)19(24)23-7-5-13(6-8-23)18-15-4-3-14(20)11-17(15)26-21-18/h3-4,11,13,16H,2,5-10,12H2,1H3. The molecular weight excluding hydrogens is 337 g/mol. The van der Waals surface area contributed by atoms with Crippen molar-refractivity contribution in [2.45, 2.75) is 31.7 Å². The second kappa shape index (κ2) is 7.32. The second-order valence-electron chi connectivity index (χ2n) is 7.03. The van der Waals surface area contributed by atoms with Crippen molar-refractivity contribution in [2.24, 2.45) is 0 Å². The average molecular weight is 361 g/mol. The van der Waals surface area contributed by atoms with Crippen LogP contribution in [0.25, 0.3) is 11.0 Å². The maximum atomic E-state index is 13.3. The van der Waals surface area contributed by atoms with Gasteiger partial charge < -0.3 is 14.2 Å². The lowest BCUT2D eigenvalue weighted by Crippen LogP contribution is -2.55. The topological polar surface area (TPSA) is 58.8 Å². The lowest BCUT2D eigenvalue weighted by atomic mass is 9.91. The number of hydrogen-bond donors (Lipinski definition) is 0. The summed E-state index contributed by atoms with van der Waals surface area (Å²) in [4.78, 5) is 17.0. The lowest BCUT2D eigenvalue weighted by Gasteiger charge is -2.39. The van der Waals surface area contributed by atoms with Gasteiger partial charge in [0.2, 0.25) is 5.91 Å². The number of carbonyl (C=O) groups excluding carboxylic acids is 1. The molecular formula is C19H24FN3O3. The number of benzene rings is 1. The molecule has 0 N–H and O–H groups in total. The number of halogens is 1. The van der Waals surface area contributed by atoms with Gasteiger partial charge in [0, 0.05) is 37.0 Å². The molecule has 2 aromatic rings. The van der Waals surface area contributed by atoms with Crippen molar-refractivity contribution >= 4 is 16.9 Å². The van der Waals surface area contributed by atoms with Crippen LogP contribution in [0.1, 0.15) is 31.4 Å². The molecule has 26 heavy (non-hydrogen) atoms. The number of nitrogens with zero attached hydrogens (tertiary/aromatic N) is 3. The van der Waals surface area contributed by atoms with Crippen LogP contribution in [0.5, 0.6) is 0 Å². The first-order chi connectivity index (χ1) is 12.7.